The predicted octanol–water partition coefficient (Wildman–Crippen LogP) is 2.16. The molecule has 1 atom stereocenters. The molecule has 0 spiro atoms. The van der Waals surface area contributed by atoms with E-state index in [1.807, 2.05) is 19.1 Å². The quantitative estimate of drug-likeness (QED) is 0.614. The van der Waals surface area contributed by atoms with Crippen molar-refractivity contribution in [1.29, 1.82) is 0 Å². The molecule has 0 aliphatic carbocycles. The molecule has 2 nitrogen and oxygen atoms in total. The Morgan fingerprint density at radius 2 is 2.54 bits per heavy atom. The number of carbonyl (C=O) groups excluding carboxylic acids is 1. The van der Waals surface area contributed by atoms with Crippen LogP contribution in [0.4, 0.5) is 0 Å². The van der Waals surface area contributed by atoms with Crippen LogP contribution < -0.4 is 0 Å². The SMILES string of the molecule is CC(SS)C(=O)Cc1cccnc1. The third kappa shape index (κ3) is 3.40. The van der Waals surface area contributed by atoms with Crippen molar-refractivity contribution in [2.24, 2.45) is 0 Å². The summed E-state index contributed by atoms with van der Waals surface area (Å²) in [6, 6.07) is 3.74. The van der Waals surface area contributed by atoms with Gasteiger partial charge in [-0.15, -0.1) is 11.7 Å². The Balaban J connectivity index is 2.55. The van der Waals surface area contributed by atoms with E-state index in [9.17, 15) is 4.79 Å². The number of nitrogens with zero attached hydrogens (tertiary/aromatic N) is 1. The van der Waals surface area contributed by atoms with Crippen molar-refractivity contribution < 1.29 is 4.79 Å². The minimum absolute atomic E-state index is 0.0523. The van der Waals surface area contributed by atoms with E-state index in [-0.39, 0.29) is 11.0 Å². The van der Waals surface area contributed by atoms with Gasteiger partial charge in [0.15, 0.2) is 5.78 Å². The number of thiol groups is 1. The first-order valence-electron chi connectivity index (χ1n) is 3.96. The Bertz CT molecular complexity index is 276. The number of aromatic nitrogens is 1. The van der Waals surface area contributed by atoms with E-state index in [4.69, 9.17) is 0 Å². The number of ketones is 1. The maximum Gasteiger partial charge on any atom is 0.150 e. The van der Waals surface area contributed by atoms with Crippen molar-refractivity contribution >= 4 is 28.2 Å². The van der Waals surface area contributed by atoms with Gasteiger partial charge in [0.2, 0.25) is 0 Å². The monoisotopic (exact) mass is 213 g/mol. The van der Waals surface area contributed by atoms with Gasteiger partial charge < -0.3 is 0 Å². The number of hydrogen-bond acceptors (Lipinski definition) is 4. The normalized spacial score (nSPS) is 12.5. The topological polar surface area (TPSA) is 30.0 Å². The number of pyridine rings is 1. The van der Waals surface area contributed by atoms with Crippen LogP contribution in [0.5, 0.6) is 0 Å². The molecule has 0 amide bonds. The lowest BCUT2D eigenvalue weighted by atomic mass is 10.1. The lowest BCUT2D eigenvalue weighted by Gasteiger charge is -2.05. The van der Waals surface area contributed by atoms with Crippen molar-refractivity contribution in [3.8, 4) is 0 Å². The smallest absolute Gasteiger partial charge is 0.150 e. The molecule has 1 unspecified atom stereocenters. The molecule has 1 aromatic heterocycles. The molecule has 70 valence electrons. The fourth-order valence-electron chi connectivity index (χ4n) is 0.906. The van der Waals surface area contributed by atoms with Crippen molar-refractivity contribution in [2.75, 3.05) is 0 Å². The van der Waals surface area contributed by atoms with E-state index in [1.165, 1.54) is 10.8 Å². The molecule has 0 saturated heterocycles. The Kier molecular flexibility index (Phi) is 4.32. The van der Waals surface area contributed by atoms with Gasteiger partial charge >= 0.3 is 0 Å². The first-order chi connectivity index (χ1) is 6.24. The number of carbonyl (C=O) groups is 1. The van der Waals surface area contributed by atoms with Gasteiger partial charge in [0, 0.05) is 18.8 Å². The van der Waals surface area contributed by atoms with Gasteiger partial charge in [-0.25, -0.2) is 0 Å². The van der Waals surface area contributed by atoms with E-state index >= 15 is 0 Å². The second-order valence-corrected chi connectivity index (χ2v) is 4.30. The molecule has 1 rings (SSSR count). The Labute approximate surface area is 87.0 Å². The highest BCUT2D eigenvalue weighted by atomic mass is 33.1. The molecule has 0 fully saturated rings. The zero-order valence-electron chi connectivity index (χ0n) is 7.30. The van der Waals surface area contributed by atoms with Gasteiger partial charge in [-0.05, 0) is 18.6 Å². The molecule has 13 heavy (non-hydrogen) atoms. The Morgan fingerprint density at radius 1 is 1.77 bits per heavy atom. The predicted molar refractivity (Wildman–Crippen MR) is 59.0 cm³/mol. The van der Waals surface area contributed by atoms with Gasteiger partial charge in [0.05, 0.1) is 5.25 Å². The Hall–Kier alpha value is -0.480. The second kappa shape index (κ2) is 5.29. The molecule has 0 saturated carbocycles. The van der Waals surface area contributed by atoms with Crippen molar-refractivity contribution in [3.05, 3.63) is 30.1 Å². The molecule has 0 radical (unpaired) electrons. The van der Waals surface area contributed by atoms with Crippen LogP contribution >= 0.6 is 22.5 Å². The largest absolute Gasteiger partial charge is 0.298 e. The highest BCUT2D eigenvalue weighted by molar-refractivity contribution is 8.69. The van der Waals surface area contributed by atoms with Crippen molar-refractivity contribution in [1.82, 2.24) is 4.98 Å². The highest BCUT2D eigenvalue weighted by Gasteiger charge is 2.11. The lowest BCUT2D eigenvalue weighted by molar-refractivity contribution is -0.117. The van der Waals surface area contributed by atoms with E-state index in [1.54, 1.807) is 12.4 Å². The van der Waals surface area contributed by atoms with Crippen LogP contribution in [-0.2, 0) is 11.2 Å². The van der Waals surface area contributed by atoms with Crippen LogP contribution in [0.2, 0.25) is 0 Å². The van der Waals surface area contributed by atoms with Gasteiger partial charge in [0.1, 0.15) is 0 Å². The molecule has 0 N–H and O–H groups in total. The summed E-state index contributed by atoms with van der Waals surface area (Å²) < 4.78 is 0. The maximum atomic E-state index is 11.4. The summed E-state index contributed by atoms with van der Waals surface area (Å²) in [7, 11) is 1.28. The van der Waals surface area contributed by atoms with Crippen LogP contribution in [0.1, 0.15) is 12.5 Å². The fraction of sp³-hybridized carbons (Fsp3) is 0.333. The van der Waals surface area contributed by atoms with Gasteiger partial charge in [-0.2, -0.15) is 0 Å². The summed E-state index contributed by atoms with van der Waals surface area (Å²) in [5, 5.41) is -0.0523. The average molecular weight is 213 g/mol. The molecule has 1 heterocycles. The van der Waals surface area contributed by atoms with E-state index < -0.39 is 0 Å². The van der Waals surface area contributed by atoms with Crippen LogP contribution in [0.25, 0.3) is 0 Å². The van der Waals surface area contributed by atoms with Gasteiger partial charge in [-0.1, -0.05) is 16.9 Å². The lowest BCUT2D eigenvalue weighted by Crippen LogP contribution is -2.14. The number of Topliss-reactive ketones (excluding diaryl/α,β-unsaturated/α-hetero) is 1. The zero-order valence-corrected chi connectivity index (χ0v) is 9.02. The average Bonchev–Trinajstić information content (AvgIpc) is 2.18. The van der Waals surface area contributed by atoms with Gasteiger partial charge in [-0.3, -0.25) is 9.78 Å². The summed E-state index contributed by atoms with van der Waals surface area (Å²) in [5.41, 5.74) is 0.960. The third-order valence-electron chi connectivity index (χ3n) is 1.71. The molecule has 0 aromatic carbocycles. The van der Waals surface area contributed by atoms with Crippen LogP contribution in [-0.4, -0.2) is 16.0 Å². The van der Waals surface area contributed by atoms with E-state index in [2.05, 4.69) is 16.6 Å². The Morgan fingerprint density at radius 3 is 3.08 bits per heavy atom. The molecule has 4 heteroatoms. The number of hydrogen-bond donors (Lipinski definition) is 1. The second-order valence-electron chi connectivity index (χ2n) is 2.75. The molecular formula is C9H11NOS2. The van der Waals surface area contributed by atoms with Crippen LogP contribution in [0.15, 0.2) is 24.5 Å². The van der Waals surface area contributed by atoms with Crippen LogP contribution in [0, 0.1) is 0 Å². The van der Waals surface area contributed by atoms with Crippen molar-refractivity contribution in [2.45, 2.75) is 18.6 Å². The minimum Gasteiger partial charge on any atom is -0.298 e. The van der Waals surface area contributed by atoms with Crippen molar-refractivity contribution in [3.63, 3.8) is 0 Å². The molecule has 0 aliphatic heterocycles. The first kappa shape index (κ1) is 10.6. The highest BCUT2D eigenvalue weighted by Crippen LogP contribution is 2.16. The standard InChI is InChI=1S/C9H11NOS2/c1-7(13-12)9(11)5-8-3-2-4-10-6-8/h2-4,6-7,12H,5H2,1H3. The third-order valence-corrected chi connectivity index (χ3v) is 3.24. The number of rotatable bonds is 4. The van der Waals surface area contributed by atoms with Crippen LogP contribution in [0.3, 0.4) is 0 Å². The maximum absolute atomic E-state index is 11.4. The molecule has 1 aromatic rings. The first-order valence-corrected chi connectivity index (χ1v) is 5.89. The van der Waals surface area contributed by atoms with E-state index in [0.717, 1.165) is 5.56 Å². The molecular weight excluding hydrogens is 202 g/mol. The molecule has 0 aliphatic rings. The summed E-state index contributed by atoms with van der Waals surface area (Å²) >= 11 is 4.00. The summed E-state index contributed by atoms with van der Waals surface area (Å²) in [6.45, 7) is 1.86. The van der Waals surface area contributed by atoms with Gasteiger partial charge in [0.25, 0.3) is 0 Å². The summed E-state index contributed by atoms with van der Waals surface area (Å²) in [4.78, 5) is 15.4. The zero-order chi connectivity index (χ0) is 9.68. The minimum atomic E-state index is -0.0523. The van der Waals surface area contributed by atoms with E-state index in [0.29, 0.717) is 6.42 Å². The summed E-state index contributed by atoms with van der Waals surface area (Å²) in [5.74, 6) is 0.188. The summed E-state index contributed by atoms with van der Waals surface area (Å²) in [6.07, 6.45) is 3.86. The fourth-order valence-corrected chi connectivity index (χ4v) is 1.46. The molecule has 0 bridgehead atoms.